The van der Waals surface area contributed by atoms with Crippen LogP contribution in [0.4, 0.5) is 0 Å². The number of hydrogen-bond donors (Lipinski definition) is 0. The second-order valence-electron chi connectivity index (χ2n) is 5.29. The number of morpholine rings is 1. The number of amides is 1. The molecule has 0 N–H and O–H groups in total. The lowest BCUT2D eigenvalue weighted by atomic mass is 10.0. The molecule has 1 saturated heterocycles. The molecular weight excluding hydrogens is 298 g/mol. The summed E-state index contributed by atoms with van der Waals surface area (Å²) in [7, 11) is 0. The molecule has 0 radical (unpaired) electrons. The third-order valence-electron chi connectivity index (χ3n) is 2.92. The van der Waals surface area contributed by atoms with Crippen molar-refractivity contribution in [3.8, 4) is 0 Å². The fourth-order valence-corrected chi connectivity index (χ4v) is 2.61. The first kappa shape index (κ1) is 13.6. The van der Waals surface area contributed by atoms with E-state index in [1.54, 1.807) is 6.07 Å². The first-order chi connectivity index (χ1) is 8.41. The highest BCUT2D eigenvalue weighted by Gasteiger charge is 2.35. The van der Waals surface area contributed by atoms with Gasteiger partial charge in [-0.2, -0.15) is 0 Å². The molecule has 0 spiro atoms. The van der Waals surface area contributed by atoms with Crippen LogP contribution < -0.4 is 0 Å². The molecule has 1 amide bonds. The van der Waals surface area contributed by atoms with Gasteiger partial charge in [-0.1, -0.05) is 15.9 Å². The summed E-state index contributed by atoms with van der Waals surface area (Å²) < 4.78 is 11.1. The smallest absolute Gasteiger partial charge is 0.257 e. The molecule has 1 aromatic heterocycles. The van der Waals surface area contributed by atoms with Gasteiger partial charge in [-0.3, -0.25) is 4.79 Å². The van der Waals surface area contributed by atoms with Crippen LogP contribution in [0.25, 0.3) is 0 Å². The first-order valence-corrected chi connectivity index (χ1v) is 7.11. The molecule has 4 nitrogen and oxygen atoms in total. The second-order valence-corrected chi connectivity index (χ2v) is 5.93. The number of halogens is 1. The Hall–Kier alpha value is -0.810. The number of furan rings is 1. The van der Waals surface area contributed by atoms with Crippen molar-refractivity contribution in [2.75, 3.05) is 18.4 Å². The summed E-state index contributed by atoms with van der Waals surface area (Å²) in [4.78, 5) is 14.2. The number of nitrogens with zero attached hydrogens (tertiary/aromatic N) is 1. The molecule has 1 unspecified atom stereocenters. The zero-order valence-corrected chi connectivity index (χ0v) is 12.5. The van der Waals surface area contributed by atoms with Crippen molar-refractivity contribution in [3.05, 3.63) is 23.7 Å². The Bertz CT molecular complexity index is 441. The van der Waals surface area contributed by atoms with E-state index in [0.29, 0.717) is 18.7 Å². The van der Waals surface area contributed by atoms with E-state index in [1.165, 1.54) is 6.26 Å². The lowest BCUT2D eigenvalue weighted by Crippen LogP contribution is -2.55. The standard InChI is InChI=1S/C13H18BrNO3/c1-9-4-10(7-17-9)12(16)15-6-11(5-14)18-13(2,3)8-15/h4,7,11H,5-6,8H2,1-3H3. The van der Waals surface area contributed by atoms with Crippen LogP contribution in [0.3, 0.4) is 0 Å². The van der Waals surface area contributed by atoms with E-state index in [0.717, 1.165) is 11.1 Å². The predicted octanol–water partition coefficient (Wildman–Crippen LogP) is 2.60. The number of rotatable bonds is 2. The average molecular weight is 316 g/mol. The van der Waals surface area contributed by atoms with Crippen LogP contribution in [0.5, 0.6) is 0 Å². The second kappa shape index (κ2) is 5.05. The zero-order chi connectivity index (χ0) is 13.3. The van der Waals surface area contributed by atoms with Gasteiger partial charge < -0.3 is 14.1 Å². The summed E-state index contributed by atoms with van der Waals surface area (Å²) in [6.07, 6.45) is 1.55. The molecule has 18 heavy (non-hydrogen) atoms. The van der Waals surface area contributed by atoms with Gasteiger partial charge in [-0.05, 0) is 26.8 Å². The van der Waals surface area contributed by atoms with Crippen molar-refractivity contribution in [2.24, 2.45) is 0 Å². The Morgan fingerprint density at radius 1 is 1.61 bits per heavy atom. The molecule has 2 heterocycles. The normalized spacial score (nSPS) is 23.1. The molecule has 0 bridgehead atoms. The number of alkyl halides is 1. The largest absolute Gasteiger partial charge is 0.469 e. The third-order valence-corrected chi connectivity index (χ3v) is 3.64. The van der Waals surface area contributed by atoms with Crippen molar-refractivity contribution in [1.82, 2.24) is 4.90 Å². The molecule has 100 valence electrons. The molecular formula is C13H18BrNO3. The summed E-state index contributed by atoms with van der Waals surface area (Å²) in [6.45, 7) is 7.05. The predicted molar refractivity (Wildman–Crippen MR) is 72.1 cm³/mol. The summed E-state index contributed by atoms with van der Waals surface area (Å²) >= 11 is 3.42. The third kappa shape index (κ3) is 2.95. The van der Waals surface area contributed by atoms with Gasteiger partial charge in [0.25, 0.3) is 5.91 Å². The number of aryl methyl sites for hydroxylation is 1. The van der Waals surface area contributed by atoms with Crippen LogP contribution in [-0.4, -0.2) is 40.9 Å². The van der Waals surface area contributed by atoms with Crippen molar-refractivity contribution in [2.45, 2.75) is 32.5 Å². The van der Waals surface area contributed by atoms with E-state index < -0.39 is 0 Å². The molecule has 1 fully saturated rings. The molecule has 1 aromatic rings. The summed E-state index contributed by atoms with van der Waals surface area (Å²) in [5.74, 6) is 0.761. The van der Waals surface area contributed by atoms with Crippen LogP contribution in [0.15, 0.2) is 16.7 Å². The van der Waals surface area contributed by atoms with Crippen molar-refractivity contribution in [3.63, 3.8) is 0 Å². The average Bonchev–Trinajstić information content (AvgIpc) is 2.72. The van der Waals surface area contributed by atoms with Crippen LogP contribution in [0.2, 0.25) is 0 Å². The van der Waals surface area contributed by atoms with Crippen LogP contribution in [0, 0.1) is 6.92 Å². The van der Waals surface area contributed by atoms with Crippen LogP contribution in [-0.2, 0) is 4.74 Å². The van der Waals surface area contributed by atoms with E-state index in [4.69, 9.17) is 9.15 Å². The Morgan fingerprint density at radius 3 is 2.89 bits per heavy atom. The minimum Gasteiger partial charge on any atom is -0.469 e. The van der Waals surface area contributed by atoms with Gasteiger partial charge >= 0.3 is 0 Å². The number of hydrogen-bond acceptors (Lipinski definition) is 3. The van der Waals surface area contributed by atoms with Gasteiger partial charge in [0.15, 0.2) is 0 Å². The van der Waals surface area contributed by atoms with E-state index in [1.807, 2.05) is 25.7 Å². The SMILES string of the molecule is Cc1cc(C(=O)N2CC(CBr)OC(C)(C)C2)co1. The van der Waals surface area contributed by atoms with Crippen LogP contribution >= 0.6 is 15.9 Å². The monoisotopic (exact) mass is 315 g/mol. The summed E-state index contributed by atoms with van der Waals surface area (Å²) in [5, 5.41) is 0.727. The van der Waals surface area contributed by atoms with Crippen molar-refractivity contribution >= 4 is 21.8 Å². The minimum atomic E-state index is -0.314. The van der Waals surface area contributed by atoms with Crippen molar-refractivity contribution in [1.29, 1.82) is 0 Å². The van der Waals surface area contributed by atoms with Gasteiger partial charge in [-0.15, -0.1) is 0 Å². The molecule has 0 saturated carbocycles. The summed E-state index contributed by atoms with van der Waals surface area (Å²) in [6, 6.07) is 1.77. The maximum absolute atomic E-state index is 12.4. The molecule has 2 rings (SSSR count). The molecule has 0 aromatic carbocycles. The fraction of sp³-hybridized carbons (Fsp3) is 0.615. The quantitative estimate of drug-likeness (QED) is 0.788. The van der Waals surface area contributed by atoms with Gasteiger partial charge in [0.05, 0.1) is 17.3 Å². The Kier molecular flexibility index (Phi) is 3.82. The van der Waals surface area contributed by atoms with Gasteiger partial charge in [-0.25, -0.2) is 0 Å². The van der Waals surface area contributed by atoms with Gasteiger partial charge in [0.1, 0.15) is 12.0 Å². The summed E-state index contributed by atoms with van der Waals surface area (Å²) in [5.41, 5.74) is 0.295. The first-order valence-electron chi connectivity index (χ1n) is 5.99. The van der Waals surface area contributed by atoms with E-state index in [2.05, 4.69) is 15.9 Å². The number of ether oxygens (including phenoxy) is 1. The molecule has 5 heteroatoms. The Labute approximate surface area is 115 Å². The Balaban J connectivity index is 2.14. The van der Waals surface area contributed by atoms with Gasteiger partial charge in [0.2, 0.25) is 0 Å². The van der Waals surface area contributed by atoms with Crippen LogP contribution in [0.1, 0.15) is 30.0 Å². The molecule has 1 aliphatic heterocycles. The highest BCUT2D eigenvalue weighted by molar-refractivity contribution is 9.09. The maximum atomic E-state index is 12.4. The zero-order valence-electron chi connectivity index (χ0n) is 10.9. The lowest BCUT2D eigenvalue weighted by Gasteiger charge is -2.42. The van der Waals surface area contributed by atoms with Crippen molar-refractivity contribution < 1.29 is 13.9 Å². The van der Waals surface area contributed by atoms with E-state index in [-0.39, 0.29) is 17.6 Å². The maximum Gasteiger partial charge on any atom is 0.257 e. The molecule has 0 aliphatic carbocycles. The molecule has 1 atom stereocenters. The highest BCUT2D eigenvalue weighted by Crippen LogP contribution is 2.23. The number of carbonyl (C=O) groups is 1. The van der Waals surface area contributed by atoms with E-state index >= 15 is 0 Å². The molecule has 1 aliphatic rings. The topological polar surface area (TPSA) is 42.7 Å². The highest BCUT2D eigenvalue weighted by atomic mass is 79.9. The minimum absolute atomic E-state index is 0.00850. The number of carbonyl (C=O) groups excluding carboxylic acids is 1. The Morgan fingerprint density at radius 2 is 2.33 bits per heavy atom. The lowest BCUT2D eigenvalue weighted by molar-refractivity contribution is -0.116. The fourth-order valence-electron chi connectivity index (χ4n) is 2.27. The van der Waals surface area contributed by atoms with E-state index in [9.17, 15) is 4.79 Å². The van der Waals surface area contributed by atoms with Gasteiger partial charge in [0, 0.05) is 18.4 Å².